The van der Waals surface area contributed by atoms with Crippen LogP contribution in [0.3, 0.4) is 0 Å². The second kappa shape index (κ2) is 27.6. The summed E-state index contributed by atoms with van der Waals surface area (Å²) in [5, 5.41) is 18.5. The summed E-state index contributed by atoms with van der Waals surface area (Å²) in [6.45, 7) is 13.8. The Balaban J connectivity index is 0.972. The molecule has 2 aliphatic rings. The van der Waals surface area contributed by atoms with Crippen LogP contribution in [0.1, 0.15) is 52.7 Å². The maximum absolute atomic E-state index is 3.20. The SMILES string of the molecule is CC(C)(C)c1ccc2c(c1)c1cc(C(C)(C)C)ccc1n2-c1cc2c3c(c1)N(c1ccc([Si](c4ccccc4)(c4ccccc4)c4ccccc4)cc1)c1ccc([Si](c4ccccc4)(c4ccccc4)c4ccccc4)cc1B3c1cc([Si](c3ccccc3)(c3ccccc3)c3ccccc3)ccc1N2c1ccccc1. The van der Waals surface area contributed by atoms with Crippen molar-refractivity contribution in [3.8, 4) is 5.69 Å². The van der Waals surface area contributed by atoms with Gasteiger partial charge in [0.05, 0.1) is 16.7 Å². The summed E-state index contributed by atoms with van der Waals surface area (Å²) in [6, 6.07) is 159. The summed E-state index contributed by atoms with van der Waals surface area (Å²) in [7, 11) is -9.35. The fourth-order valence-electron chi connectivity index (χ4n) is 19.0. The van der Waals surface area contributed by atoms with E-state index in [4.69, 9.17) is 0 Å². The van der Waals surface area contributed by atoms with E-state index in [1.807, 2.05) is 0 Å². The number of para-hydroxylation sites is 1. The smallest absolute Gasteiger partial charge is 0.252 e. The first-order valence-electron chi connectivity index (χ1n) is 39.2. The van der Waals surface area contributed by atoms with Crippen molar-refractivity contribution in [2.45, 2.75) is 52.4 Å². The minimum atomic E-state index is -3.20. The normalized spacial score (nSPS) is 12.9. The topological polar surface area (TPSA) is 11.4 Å². The van der Waals surface area contributed by atoms with Gasteiger partial charge in [0.25, 0.3) is 6.71 Å². The van der Waals surface area contributed by atoms with Gasteiger partial charge in [0.2, 0.25) is 0 Å². The van der Waals surface area contributed by atoms with Gasteiger partial charge in [-0.1, -0.05) is 381 Å². The molecule has 19 rings (SSSR count). The molecule has 1 aromatic heterocycles. The molecule has 0 spiro atoms. The molecule has 0 amide bonds. The van der Waals surface area contributed by atoms with Crippen LogP contribution in [-0.4, -0.2) is 35.5 Å². The van der Waals surface area contributed by atoms with Crippen molar-refractivity contribution >= 4 is 165 Å². The first-order valence-corrected chi connectivity index (χ1v) is 45.2. The molecule has 532 valence electrons. The molecule has 0 N–H and O–H groups in total. The lowest BCUT2D eigenvalue weighted by Gasteiger charge is -2.46. The third-order valence-corrected chi connectivity index (χ3v) is 38.5. The first-order chi connectivity index (χ1) is 54.3. The Hall–Kier alpha value is -12.4. The standard InChI is InChI=1S/C104H86BN3Si3/c1-103(2,3)75-57-65-96-92(69-75)93-70-76(104(4,5)6)58-66-97(93)108(96)79-71-100-102-101(72-79)107(78-59-61-89(62-60-78)109(80-39-19-8-20-40-80,81-41-21-9-22-42-81)82-43-23-10-24-44-82)99-68-64-91(111(86-51-31-14-32-52-86,87-53-33-15-34-54-87)88-55-35-16-36-56-88)74-95(99)105(102)94-73-90(63-67-98(94)106(100)77-37-17-7-18-38-77)110(83-45-25-11-26-46-83,84-47-27-12-28-48-84)85-49-29-13-30-50-85/h7-74H,1-6H3. The predicted molar refractivity (Wildman–Crippen MR) is 483 cm³/mol. The van der Waals surface area contributed by atoms with Gasteiger partial charge in [0.15, 0.2) is 24.2 Å². The zero-order chi connectivity index (χ0) is 75.1. The van der Waals surface area contributed by atoms with Crippen LogP contribution in [0.4, 0.5) is 34.1 Å². The highest BCUT2D eigenvalue weighted by molar-refractivity contribution is 7.21. The number of fused-ring (bicyclic) bond motifs is 7. The third kappa shape index (κ3) is 11.3. The first kappa shape index (κ1) is 69.1. The maximum Gasteiger partial charge on any atom is 0.252 e. The number of hydrogen-bond acceptors (Lipinski definition) is 2. The Morgan fingerprint density at radius 3 is 0.757 bits per heavy atom. The lowest BCUT2D eigenvalue weighted by molar-refractivity contribution is 0.590. The highest BCUT2D eigenvalue weighted by Gasteiger charge is 2.50. The summed E-state index contributed by atoms with van der Waals surface area (Å²) in [6.07, 6.45) is 0. The predicted octanol–water partition coefficient (Wildman–Crippen LogP) is 15.6. The maximum atomic E-state index is 2.71. The molecule has 0 aliphatic carbocycles. The van der Waals surface area contributed by atoms with E-state index in [2.05, 4.69) is 468 Å². The van der Waals surface area contributed by atoms with Gasteiger partial charge in [-0.3, -0.25) is 0 Å². The van der Waals surface area contributed by atoms with E-state index in [1.54, 1.807) is 0 Å². The van der Waals surface area contributed by atoms with Gasteiger partial charge in [-0.15, -0.1) is 0 Å². The van der Waals surface area contributed by atoms with Crippen LogP contribution in [0.2, 0.25) is 0 Å². The van der Waals surface area contributed by atoms with E-state index < -0.39 is 24.2 Å². The van der Waals surface area contributed by atoms with Crippen LogP contribution in [0.15, 0.2) is 413 Å². The van der Waals surface area contributed by atoms with Crippen LogP contribution in [-0.2, 0) is 10.8 Å². The van der Waals surface area contributed by atoms with Gasteiger partial charge in [-0.2, -0.15) is 0 Å². The van der Waals surface area contributed by atoms with Crippen LogP contribution in [0, 0.1) is 0 Å². The van der Waals surface area contributed by atoms with E-state index in [0.717, 1.165) is 39.8 Å². The molecule has 3 heterocycles. The summed E-state index contributed by atoms with van der Waals surface area (Å²) in [5.41, 5.74) is 16.5. The third-order valence-electron chi connectivity index (χ3n) is 24.1. The lowest BCUT2D eigenvalue weighted by Crippen LogP contribution is -2.76. The number of rotatable bonds is 15. The average molecular weight is 1470 g/mol. The molecule has 0 saturated carbocycles. The quantitative estimate of drug-likeness (QED) is 0.0749. The molecular weight excluding hydrogens is 1390 g/mol. The van der Waals surface area contributed by atoms with Gasteiger partial charge in [0.1, 0.15) is 0 Å². The largest absolute Gasteiger partial charge is 0.311 e. The summed E-state index contributed by atoms with van der Waals surface area (Å²) >= 11 is 0. The Bertz CT molecular complexity index is 5900. The highest BCUT2D eigenvalue weighted by Crippen LogP contribution is 2.47. The van der Waals surface area contributed by atoms with Crippen molar-refractivity contribution in [1.29, 1.82) is 0 Å². The van der Waals surface area contributed by atoms with Gasteiger partial charge in [0, 0.05) is 44.9 Å². The van der Waals surface area contributed by atoms with E-state index >= 15 is 0 Å². The van der Waals surface area contributed by atoms with E-state index in [9.17, 15) is 0 Å². The molecule has 0 bridgehead atoms. The fraction of sp³-hybridized carbons (Fsp3) is 0.0769. The number of anilines is 6. The molecule has 0 unspecified atom stereocenters. The molecule has 3 nitrogen and oxygen atoms in total. The van der Waals surface area contributed by atoms with Crippen LogP contribution in [0.5, 0.6) is 0 Å². The Morgan fingerprint density at radius 2 is 0.468 bits per heavy atom. The minimum Gasteiger partial charge on any atom is -0.311 e. The van der Waals surface area contributed by atoms with Crippen LogP contribution in [0.25, 0.3) is 27.5 Å². The van der Waals surface area contributed by atoms with Gasteiger partial charge in [-0.25, -0.2) is 0 Å². The number of benzene rings is 16. The molecule has 0 radical (unpaired) electrons. The zero-order valence-electron chi connectivity index (χ0n) is 63.7. The molecule has 0 fully saturated rings. The summed E-state index contributed by atoms with van der Waals surface area (Å²) in [4.78, 5) is 5.30. The van der Waals surface area contributed by atoms with Crippen molar-refractivity contribution in [2.24, 2.45) is 0 Å². The lowest BCUT2D eigenvalue weighted by atomic mass is 9.33. The molecule has 7 heteroatoms. The van der Waals surface area contributed by atoms with Gasteiger partial charge >= 0.3 is 0 Å². The van der Waals surface area contributed by atoms with Crippen molar-refractivity contribution in [3.05, 3.63) is 424 Å². The Kier molecular flexibility index (Phi) is 17.2. The van der Waals surface area contributed by atoms with Crippen molar-refractivity contribution in [2.75, 3.05) is 9.80 Å². The fourth-order valence-corrected chi connectivity index (χ4v) is 33.3. The molecular formula is C104H86BN3Si3. The Morgan fingerprint density at radius 1 is 0.216 bits per heavy atom. The molecule has 16 aromatic carbocycles. The highest BCUT2D eigenvalue weighted by atomic mass is 28.3. The molecule has 0 atom stereocenters. The van der Waals surface area contributed by atoms with Crippen molar-refractivity contribution in [3.63, 3.8) is 0 Å². The van der Waals surface area contributed by atoms with Gasteiger partial charge in [-0.05, 0) is 173 Å². The Labute approximate surface area is 656 Å². The van der Waals surface area contributed by atoms with Crippen LogP contribution >= 0.6 is 0 Å². The second-order valence-electron chi connectivity index (χ2n) is 32.3. The number of aromatic nitrogens is 1. The molecule has 111 heavy (non-hydrogen) atoms. The zero-order valence-corrected chi connectivity index (χ0v) is 66.7. The monoisotopic (exact) mass is 1470 g/mol. The second-order valence-corrected chi connectivity index (χ2v) is 43.7. The van der Waals surface area contributed by atoms with E-state index in [1.165, 1.54) is 112 Å². The van der Waals surface area contributed by atoms with Gasteiger partial charge < -0.3 is 14.4 Å². The summed E-state index contributed by atoms with van der Waals surface area (Å²) in [5.74, 6) is 0. The van der Waals surface area contributed by atoms with Crippen LogP contribution < -0.4 is 88.4 Å². The van der Waals surface area contributed by atoms with E-state index in [0.29, 0.717) is 0 Å². The minimum absolute atomic E-state index is 0.0791. The molecule has 2 aliphatic heterocycles. The van der Waals surface area contributed by atoms with E-state index in [-0.39, 0.29) is 17.5 Å². The molecule has 17 aromatic rings. The van der Waals surface area contributed by atoms with Crippen molar-refractivity contribution < 1.29 is 0 Å². The number of hydrogen-bond donors (Lipinski definition) is 0. The summed E-state index contributed by atoms with van der Waals surface area (Å²) < 4.78 is 2.59. The average Bonchev–Trinajstić information content (AvgIpc) is 1.28. The molecule has 0 saturated heterocycles. The van der Waals surface area contributed by atoms with Crippen molar-refractivity contribution in [1.82, 2.24) is 4.57 Å². The number of nitrogens with zero attached hydrogens (tertiary/aromatic N) is 3.